The molecule has 14 heavy (non-hydrogen) atoms. The average Bonchev–Trinajstić information content (AvgIpc) is 2.14. The van der Waals surface area contributed by atoms with E-state index in [1.807, 2.05) is 13.8 Å². The van der Waals surface area contributed by atoms with Gasteiger partial charge >= 0.3 is 0 Å². The van der Waals surface area contributed by atoms with Gasteiger partial charge < -0.3 is 5.73 Å². The van der Waals surface area contributed by atoms with Crippen LogP contribution in [-0.2, 0) is 6.42 Å². The van der Waals surface area contributed by atoms with Crippen LogP contribution in [0, 0.1) is 13.8 Å². The molecule has 0 aliphatic heterocycles. The van der Waals surface area contributed by atoms with E-state index < -0.39 is 0 Å². The van der Waals surface area contributed by atoms with Crippen LogP contribution in [0.4, 0.5) is 5.69 Å². The Morgan fingerprint density at radius 2 is 2.00 bits per heavy atom. The van der Waals surface area contributed by atoms with Crippen molar-refractivity contribution in [2.45, 2.75) is 33.1 Å². The van der Waals surface area contributed by atoms with Crippen molar-refractivity contribution in [2.24, 2.45) is 0 Å². The maximum absolute atomic E-state index is 11.7. The fourth-order valence-corrected chi connectivity index (χ4v) is 2.23. The summed E-state index contributed by atoms with van der Waals surface area (Å²) in [5.74, 6) is 0.260. The predicted octanol–water partition coefficient (Wildman–Crippen LogP) is 2.40. The molecule has 2 heteroatoms. The molecule has 2 nitrogen and oxygen atoms in total. The second kappa shape index (κ2) is 3.12. The van der Waals surface area contributed by atoms with E-state index in [9.17, 15) is 4.79 Å². The second-order valence-electron chi connectivity index (χ2n) is 4.04. The first-order valence-electron chi connectivity index (χ1n) is 5.03. The van der Waals surface area contributed by atoms with Crippen LogP contribution in [0.2, 0.25) is 0 Å². The molecule has 0 aromatic heterocycles. The standard InChI is InChI=1S/C12H15NO/c1-7-6-9-4-3-5-10(14)11(9)8(2)12(7)13/h6H,3-5,13H2,1-2H3. The molecule has 0 radical (unpaired) electrons. The molecule has 0 saturated heterocycles. The summed E-state index contributed by atoms with van der Waals surface area (Å²) in [4.78, 5) is 11.7. The van der Waals surface area contributed by atoms with Crippen molar-refractivity contribution in [3.05, 3.63) is 28.3 Å². The number of ketones is 1. The largest absolute Gasteiger partial charge is 0.398 e. The minimum absolute atomic E-state index is 0.260. The van der Waals surface area contributed by atoms with Crippen molar-refractivity contribution in [3.63, 3.8) is 0 Å². The third-order valence-electron chi connectivity index (χ3n) is 3.04. The highest BCUT2D eigenvalue weighted by molar-refractivity contribution is 6.01. The van der Waals surface area contributed by atoms with Gasteiger partial charge in [0.25, 0.3) is 0 Å². The Kier molecular flexibility index (Phi) is 2.06. The molecule has 2 N–H and O–H groups in total. The van der Waals surface area contributed by atoms with Crippen LogP contribution in [0.3, 0.4) is 0 Å². The topological polar surface area (TPSA) is 43.1 Å². The summed E-state index contributed by atoms with van der Waals surface area (Å²) in [6.45, 7) is 3.95. The number of Topliss-reactive ketones (excluding diaryl/α,β-unsaturated/α-hetero) is 1. The summed E-state index contributed by atoms with van der Waals surface area (Å²) in [5, 5.41) is 0. The van der Waals surface area contributed by atoms with Crippen LogP contribution >= 0.6 is 0 Å². The molecule has 0 heterocycles. The first-order chi connectivity index (χ1) is 6.61. The highest BCUT2D eigenvalue weighted by Crippen LogP contribution is 2.30. The molecule has 1 aliphatic carbocycles. The van der Waals surface area contributed by atoms with Crippen molar-refractivity contribution in [1.29, 1.82) is 0 Å². The number of hydrogen-bond acceptors (Lipinski definition) is 2. The van der Waals surface area contributed by atoms with E-state index in [0.29, 0.717) is 6.42 Å². The summed E-state index contributed by atoms with van der Waals surface area (Å²) in [5.41, 5.74) is 10.8. The van der Waals surface area contributed by atoms with E-state index >= 15 is 0 Å². The maximum Gasteiger partial charge on any atom is 0.163 e. The molecule has 1 aromatic carbocycles. The number of nitrogen functional groups attached to an aromatic ring is 1. The third kappa shape index (κ3) is 1.22. The summed E-state index contributed by atoms with van der Waals surface area (Å²) in [7, 11) is 0. The van der Waals surface area contributed by atoms with Crippen molar-refractivity contribution in [3.8, 4) is 0 Å². The van der Waals surface area contributed by atoms with E-state index in [-0.39, 0.29) is 5.78 Å². The van der Waals surface area contributed by atoms with E-state index in [1.165, 1.54) is 5.56 Å². The molecular formula is C12H15NO. The van der Waals surface area contributed by atoms with Gasteiger partial charge in [-0.2, -0.15) is 0 Å². The van der Waals surface area contributed by atoms with E-state index in [1.54, 1.807) is 0 Å². The molecule has 0 saturated carbocycles. The number of hydrogen-bond donors (Lipinski definition) is 1. The quantitative estimate of drug-likeness (QED) is 0.637. The minimum atomic E-state index is 0.260. The Morgan fingerprint density at radius 3 is 2.71 bits per heavy atom. The molecule has 2 rings (SSSR count). The number of carbonyl (C=O) groups is 1. The predicted molar refractivity (Wildman–Crippen MR) is 57.6 cm³/mol. The van der Waals surface area contributed by atoms with E-state index in [4.69, 9.17) is 5.73 Å². The number of aryl methyl sites for hydroxylation is 2. The van der Waals surface area contributed by atoms with Gasteiger partial charge in [0.05, 0.1) is 0 Å². The van der Waals surface area contributed by atoms with Gasteiger partial charge in [-0.05, 0) is 43.4 Å². The lowest BCUT2D eigenvalue weighted by Crippen LogP contribution is -2.14. The fourth-order valence-electron chi connectivity index (χ4n) is 2.23. The average molecular weight is 189 g/mol. The van der Waals surface area contributed by atoms with Crippen LogP contribution in [0.25, 0.3) is 0 Å². The minimum Gasteiger partial charge on any atom is -0.398 e. The molecule has 0 atom stereocenters. The Hall–Kier alpha value is -1.31. The van der Waals surface area contributed by atoms with Crippen molar-refractivity contribution >= 4 is 11.5 Å². The number of nitrogens with two attached hydrogens (primary N) is 1. The first kappa shape index (κ1) is 9.25. The lowest BCUT2D eigenvalue weighted by Gasteiger charge is -2.19. The SMILES string of the molecule is Cc1cc2c(c(C)c1N)C(=O)CCC2. The van der Waals surface area contributed by atoms with Crippen molar-refractivity contribution in [2.75, 3.05) is 5.73 Å². The molecule has 0 fully saturated rings. The molecule has 0 bridgehead atoms. The smallest absolute Gasteiger partial charge is 0.163 e. The van der Waals surface area contributed by atoms with Crippen molar-refractivity contribution in [1.82, 2.24) is 0 Å². The Bertz CT molecular complexity index is 407. The maximum atomic E-state index is 11.7. The van der Waals surface area contributed by atoms with Gasteiger partial charge in [-0.15, -0.1) is 0 Å². The Balaban J connectivity index is 2.70. The van der Waals surface area contributed by atoms with Crippen LogP contribution in [0.5, 0.6) is 0 Å². The van der Waals surface area contributed by atoms with Gasteiger partial charge in [0.15, 0.2) is 5.78 Å². The Morgan fingerprint density at radius 1 is 1.29 bits per heavy atom. The second-order valence-corrected chi connectivity index (χ2v) is 4.04. The normalized spacial score (nSPS) is 15.4. The van der Waals surface area contributed by atoms with Crippen molar-refractivity contribution < 1.29 is 4.79 Å². The monoisotopic (exact) mass is 189 g/mol. The number of fused-ring (bicyclic) bond motifs is 1. The lowest BCUT2D eigenvalue weighted by atomic mass is 9.85. The summed E-state index contributed by atoms with van der Waals surface area (Å²) >= 11 is 0. The summed E-state index contributed by atoms with van der Waals surface area (Å²) in [6.07, 6.45) is 2.67. The highest BCUT2D eigenvalue weighted by atomic mass is 16.1. The van der Waals surface area contributed by atoms with E-state index in [2.05, 4.69) is 6.07 Å². The third-order valence-corrected chi connectivity index (χ3v) is 3.04. The molecular weight excluding hydrogens is 174 g/mol. The molecule has 74 valence electrons. The van der Waals surface area contributed by atoms with Gasteiger partial charge in [0.1, 0.15) is 0 Å². The fraction of sp³-hybridized carbons (Fsp3) is 0.417. The molecule has 1 aliphatic rings. The zero-order valence-electron chi connectivity index (χ0n) is 8.68. The summed E-state index contributed by atoms with van der Waals surface area (Å²) < 4.78 is 0. The molecule has 0 unspecified atom stereocenters. The van der Waals surface area contributed by atoms with Gasteiger partial charge in [0.2, 0.25) is 0 Å². The lowest BCUT2D eigenvalue weighted by molar-refractivity contribution is 0.0972. The molecule has 1 aromatic rings. The zero-order chi connectivity index (χ0) is 10.3. The highest BCUT2D eigenvalue weighted by Gasteiger charge is 2.21. The number of anilines is 1. The first-order valence-corrected chi connectivity index (χ1v) is 5.03. The van der Waals surface area contributed by atoms with Gasteiger partial charge in [0, 0.05) is 17.7 Å². The van der Waals surface area contributed by atoms with Gasteiger partial charge in [-0.1, -0.05) is 6.07 Å². The van der Waals surface area contributed by atoms with Crippen LogP contribution in [-0.4, -0.2) is 5.78 Å². The Labute approximate surface area is 84.1 Å². The zero-order valence-corrected chi connectivity index (χ0v) is 8.68. The number of carbonyl (C=O) groups excluding carboxylic acids is 1. The summed E-state index contributed by atoms with van der Waals surface area (Å²) in [6, 6.07) is 2.06. The van der Waals surface area contributed by atoms with E-state index in [0.717, 1.165) is 35.2 Å². The number of benzene rings is 1. The van der Waals surface area contributed by atoms with Gasteiger partial charge in [-0.25, -0.2) is 0 Å². The van der Waals surface area contributed by atoms with Gasteiger partial charge in [-0.3, -0.25) is 4.79 Å². The van der Waals surface area contributed by atoms with Crippen LogP contribution in [0.1, 0.15) is 39.9 Å². The number of rotatable bonds is 0. The molecule has 0 amide bonds. The van der Waals surface area contributed by atoms with Crippen LogP contribution < -0.4 is 5.73 Å². The molecule has 0 spiro atoms. The van der Waals surface area contributed by atoms with Crippen LogP contribution in [0.15, 0.2) is 6.07 Å².